The molecule has 0 amide bonds. The van der Waals surface area contributed by atoms with E-state index in [0.29, 0.717) is 5.56 Å². The van der Waals surface area contributed by atoms with Gasteiger partial charge in [0.05, 0.1) is 7.11 Å². The molecule has 6 heteroatoms. The summed E-state index contributed by atoms with van der Waals surface area (Å²) in [4.78, 5) is -0.406. The molecule has 2 rings (SSSR count). The van der Waals surface area contributed by atoms with E-state index >= 15 is 0 Å². The van der Waals surface area contributed by atoms with Crippen molar-refractivity contribution in [2.45, 2.75) is 29.7 Å². The summed E-state index contributed by atoms with van der Waals surface area (Å²) >= 11 is 0. The summed E-state index contributed by atoms with van der Waals surface area (Å²) in [6.07, 6.45) is 3.49. The van der Waals surface area contributed by atoms with Gasteiger partial charge in [0, 0.05) is 11.8 Å². The van der Waals surface area contributed by atoms with Crippen LogP contribution in [0.2, 0.25) is 0 Å². The van der Waals surface area contributed by atoms with E-state index in [2.05, 4.69) is 0 Å². The molecule has 1 aromatic rings. The minimum atomic E-state index is -3.67. The smallest absolute Gasteiger partial charge is 0.182 e. The Bertz CT molecular complexity index is 579. The molecule has 0 aromatic heterocycles. The van der Waals surface area contributed by atoms with E-state index in [0.717, 1.165) is 25.5 Å². The Balaban J connectivity index is 2.60. The van der Waals surface area contributed by atoms with Crippen molar-refractivity contribution in [1.29, 1.82) is 0 Å². The van der Waals surface area contributed by atoms with Gasteiger partial charge in [-0.05, 0) is 37.0 Å². The van der Waals surface area contributed by atoms with E-state index in [1.807, 2.05) is 0 Å². The number of hydrogen-bond acceptors (Lipinski definition) is 4. The first kappa shape index (κ1) is 13.3. The lowest BCUT2D eigenvalue weighted by Gasteiger charge is -2.38. The van der Waals surface area contributed by atoms with Gasteiger partial charge in [0.2, 0.25) is 0 Å². The molecule has 0 heterocycles. The van der Waals surface area contributed by atoms with Crippen LogP contribution in [0.5, 0.6) is 5.75 Å². The summed E-state index contributed by atoms with van der Waals surface area (Å²) in [5.41, 5.74) is 6.15. The Morgan fingerprint density at radius 1 is 1.39 bits per heavy atom. The lowest BCUT2D eigenvalue weighted by Crippen LogP contribution is -2.43. The Hall–Kier alpha value is -1.14. The molecule has 0 saturated heterocycles. The van der Waals surface area contributed by atoms with Crippen LogP contribution in [0.15, 0.2) is 17.0 Å². The third-order valence-corrected chi connectivity index (χ3v) is 4.56. The molecule has 0 atom stereocenters. The minimum Gasteiger partial charge on any atom is -0.495 e. The predicted octanol–water partition coefficient (Wildman–Crippen LogP) is 1.58. The van der Waals surface area contributed by atoms with Gasteiger partial charge in [-0.15, -0.1) is 0 Å². The number of halogens is 1. The van der Waals surface area contributed by atoms with Crippen LogP contribution in [-0.2, 0) is 15.4 Å². The molecule has 100 valence electrons. The SMILES string of the molecule is COc1cc(C2(N)CCC2)cc(F)c1S(C)(=O)=O. The van der Waals surface area contributed by atoms with Gasteiger partial charge in [-0.25, -0.2) is 12.8 Å². The first-order valence-electron chi connectivity index (χ1n) is 5.65. The Labute approximate surface area is 106 Å². The molecule has 1 aromatic carbocycles. The standard InChI is InChI=1S/C12H16FNO3S/c1-17-10-7-8(12(14)4-3-5-12)6-9(13)11(10)18(2,15)16/h6-7H,3-5,14H2,1-2H3. The van der Waals surface area contributed by atoms with E-state index in [9.17, 15) is 12.8 Å². The van der Waals surface area contributed by atoms with Crippen LogP contribution in [0, 0.1) is 5.82 Å². The van der Waals surface area contributed by atoms with Gasteiger partial charge < -0.3 is 10.5 Å². The van der Waals surface area contributed by atoms with Crippen LogP contribution in [0.25, 0.3) is 0 Å². The molecule has 1 fully saturated rings. The highest BCUT2D eigenvalue weighted by molar-refractivity contribution is 7.90. The van der Waals surface area contributed by atoms with Crippen molar-refractivity contribution in [3.8, 4) is 5.75 Å². The van der Waals surface area contributed by atoms with Crippen LogP contribution < -0.4 is 10.5 Å². The zero-order valence-electron chi connectivity index (χ0n) is 10.4. The summed E-state index contributed by atoms with van der Waals surface area (Å²) in [5, 5.41) is 0. The first-order valence-corrected chi connectivity index (χ1v) is 7.54. The molecule has 1 saturated carbocycles. The monoisotopic (exact) mass is 273 g/mol. The molecule has 18 heavy (non-hydrogen) atoms. The molecule has 0 aliphatic heterocycles. The van der Waals surface area contributed by atoms with Crippen molar-refractivity contribution in [3.63, 3.8) is 0 Å². The molecule has 0 unspecified atom stereocenters. The second-order valence-corrected chi connectivity index (χ2v) is 6.72. The second kappa shape index (κ2) is 4.20. The highest BCUT2D eigenvalue weighted by Gasteiger charge is 2.36. The summed E-state index contributed by atoms with van der Waals surface area (Å²) in [7, 11) is -2.35. The van der Waals surface area contributed by atoms with E-state index in [-0.39, 0.29) is 5.75 Å². The van der Waals surface area contributed by atoms with Crippen LogP contribution in [-0.4, -0.2) is 21.8 Å². The molecular weight excluding hydrogens is 257 g/mol. The Kier molecular flexibility index (Phi) is 3.11. The molecule has 0 bridgehead atoms. The normalized spacial score (nSPS) is 18.2. The lowest BCUT2D eigenvalue weighted by molar-refractivity contribution is 0.251. The predicted molar refractivity (Wildman–Crippen MR) is 65.8 cm³/mol. The molecule has 0 spiro atoms. The van der Waals surface area contributed by atoms with Crippen molar-refractivity contribution >= 4 is 9.84 Å². The van der Waals surface area contributed by atoms with Gasteiger partial charge in [-0.3, -0.25) is 0 Å². The highest BCUT2D eigenvalue weighted by atomic mass is 32.2. The summed E-state index contributed by atoms with van der Waals surface area (Å²) in [6, 6.07) is 2.73. The van der Waals surface area contributed by atoms with Crippen molar-refractivity contribution in [1.82, 2.24) is 0 Å². The van der Waals surface area contributed by atoms with Gasteiger partial charge in [0.15, 0.2) is 9.84 Å². The maximum Gasteiger partial charge on any atom is 0.182 e. The lowest BCUT2D eigenvalue weighted by atomic mass is 9.73. The Morgan fingerprint density at radius 3 is 2.39 bits per heavy atom. The number of hydrogen-bond donors (Lipinski definition) is 1. The zero-order chi connectivity index (χ0) is 13.6. The average molecular weight is 273 g/mol. The van der Waals surface area contributed by atoms with Gasteiger partial charge in [0.1, 0.15) is 16.5 Å². The number of rotatable bonds is 3. The molecule has 1 aliphatic rings. The fourth-order valence-corrected chi connectivity index (χ4v) is 3.13. The van der Waals surface area contributed by atoms with Gasteiger partial charge >= 0.3 is 0 Å². The van der Waals surface area contributed by atoms with Crippen molar-refractivity contribution < 1.29 is 17.5 Å². The van der Waals surface area contributed by atoms with E-state index in [4.69, 9.17) is 10.5 Å². The number of sulfone groups is 1. The molecule has 2 N–H and O–H groups in total. The number of ether oxygens (including phenoxy) is 1. The fourth-order valence-electron chi connectivity index (χ4n) is 2.21. The highest BCUT2D eigenvalue weighted by Crippen LogP contribution is 2.41. The van der Waals surface area contributed by atoms with Gasteiger partial charge in [-0.2, -0.15) is 0 Å². The Morgan fingerprint density at radius 2 is 2.00 bits per heavy atom. The first-order chi connectivity index (χ1) is 8.28. The number of methoxy groups -OCH3 is 1. The fraction of sp³-hybridized carbons (Fsp3) is 0.500. The van der Waals surface area contributed by atoms with E-state index in [1.165, 1.54) is 19.2 Å². The molecule has 4 nitrogen and oxygen atoms in total. The minimum absolute atomic E-state index is 0.0178. The molecule has 1 aliphatic carbocycles. The van der Waals surface area contributed by atoms with Crippen LogP contribution in [0.1, 0.15) is 24.8 Å². The number of nitrogens with two attached hydrogens (primary N) is 1. The quantitative estimate of drug-likeness (QED) is 0.907. The van der Waals surface area contributed by atoms with Crippen molar-refractivity contribution in [2.75, 3.05) is 13.4 Å². The third kappa shape index (κ3) is 2.10. The number of benzene rings is 1. The van der Waals surface area contributed by atoms with Crippen LogP contribution in [0.3, 0.4) is 0 Å². The largest absolute Gasteiger partial charge is 0.495 e. The summed E-state index contributed by atoms with van der Waals surface area (Å²) in [5.74, 6) is -0.784. The van der Waals surface area contributed by atoms with Crippen molar-refractivity contribution in [3.05, 3.63) is 23.5 Å². The van der Waals surface area contributed by atoms with E-state index in [1.54, 1.807) is 0 Å². The van der Waals surface area contributed by atoms with Crippen LogP contribution >= 0.6 is 0 Å². The third-order valence-electron chi connectivity index (χ3n) is 3.42. The molecule has 0 radical (unpaired) electrons. The average Bonchev–Trinajstić information content (AvgIpc) is 2.22. The molecular formula is C12H16FNO3S. The van der Waals surface area contributed by atoms with Gasteiger partial charge in [0.25, 0.3) is 0 Å². The summed E-state index contributed by atoms with van der Waals surface area (Å²) < 4.78 is 42.0. The van der Waals surface area contributed by atoms with Crippen molar-refractivity contribution in [2.24, 2.45) is 5.73 Å². The van der Waals surface area contributed by atoms with E-state index < -0.39 is 26.1 Å². The maximum atomic E-state index is 14.0. The maximum absolute atomic E-state index is 14.0. The summed E-state index contributed by atoms with van der Waals surface area (Å²) in [6.45, 7) is 0. The van der Waals surface area contributed by atoms with Crippen LogP contribution in [0.4, 0.5) is 4.39 Å². The topological polar surface area (TPSA) is 69.4 Å². The zero-order valence-corrected chi connectivity index (χ0v) is 11.2. The van der Waals surface area contributed by atoms with Gasteiger partial charge in [-0.1, -0.05) is 0 Å². The second-order valence-electron chi connectivity index (χ2n) is 4.77.